The van der Waals surface area contributed by atoms with Gasteiger partial charge in [0.25, 0.3) is 5.56 Å². The lowest BCUT2D eigenvalue weighted by Crippen LogP contribution is -2.18. The maximum Gasteiger partial charge on any atom is 0.252 e. The summed E-state index contributed by atoms with van der Waals surface area (Å²) in [5.74, 6) is 0.436. The molecule has 0 aliphatic heterocycles. The molecular weight excluding hydrogens is 350 g/mol. The first-order valence-corrected chi connectivity index (χ1v) is 9.17. The lowest BCUT2D eigenvalue weighted by atomic mass is 10.2. The predicted molar refractivity (Wildman–Crippen MR) is 103 cm³/mol. The van der Waals surface area contributed by atoms with Crippen molar-refractivity contribution in [2.45, 2.75) is 26.7 Å². The van der Waals surface area contributed by atoms with Crippen molar-refractivity contribution in [2.24, 2.45) is 0 Å². The number of nitrogens with one attached hydrogen (secondary N) is 2. The molecule has 3 heterocycles. The number of H-pyrrole nitrogens is 1. The number of aromatic amines is 1. The summed E-state index contributed by atoms with van der Waals surface area (Å²) < 4.78 is 1.46. The van der Waals surface area contributed by atoms with E-state index in [9.17, 15) is 9.59 Å². The maximum absolute atomic E-state index is 12.0. The standard InChI is InChI=1S/C18H19N5O2S/c1-3-6-12-10-17(25)21-18(19-12)23-15(20-16(24)7-4-2)11-13(22-23)14-8-5-9-26-14/h4-5,7-11H,3,6H2,1-2H3,(H,20,24)(H,19,21,25)/b7-4-. The van der Waals surface area contributed by atoms with Gasteiger partial charge in [-0.3, -0.25) is 14.6 Å². The molecule has 0 aliphatic rings. The van der Waals surface area contributed by atoms with Gasteiger partial charge in [-0.25, -0.2) is 4.98 Å². The molecule has 0 unspecified atom stereocenters. The molecular formula is C18H19N5O2S. The fourth-order valence-electron chi connectivity index (χ4n) is 2.47. The first-order valence-electron chi connectivity index (χ1n) is 8.29. The number of amides is 1. The topological polar surface area (TPSA) is 92.7 Å². The first-order chi connectivity index (χ1) is 12.6. The molecule has 0 bridgehead atoms. The molecule has 0 aromatic carbocycles. The van der Waals surface area contributed by atoms with Crippen molar-refractivity contribution in [1.82, 2.24) is 19.7 Å². The van der Waals surface area contributed by atoms with Crippen LogP contribution in [-0.2, 0) is 11.2 Å². The van der Waals surface area contributed by atoms with Gasteiger partial charge in [0, 0.05) is 17.8 Å². The second kappa shape index (κ2) is 7.92. The molecule has 0 saturated heterocycles. The van der Waals surface area contributed by atoms with Gasteiger partial charge >= 0.3 is 0 Å². The van der Waals surface area contributed by atoms with Gasteiger partial charge in [-0.2, -0.15) is 9.78 Å². The van der Waals surface area contributed by atoms with Crippen molar-refractivity contribution < 1.29 is 4.79 Å². The number of anilines is 1. The molecule has 0 atom stereocenters. The Morgan fingerprint density at radius 1 is 1.42 bits per heavy atom. The minimum Gasteiger partial charge on any atom is -0.307 e. The van der Waals surface area contributed by atoms with E-state index in [2.05, 4.69) is 20.4 Å². The number of nitrogens with zero attached hydrogens (tertiary/aromatic N) is 3. The summed E-state index contributed by atoms with van der Waals surface area (Å²) in [5, 5.41) is 9.27. The van der Waals surface area contributed by atoms with Gasteiger partial charge in [0.1, 0.15) is 11.5 Å². The van der Waals surface area contributed by atoms with E-state index in [0.29, 0.717) is 23.6 Å². The van der Waals surface area contributed by atoms with Gasteiger partial charge in [-0.1, -0.05) is 25.5 Å². The Morgan fingerprint density at radius 3 is 2.96 bits per heavy atom. The predicted octanol–water partition coefficient (Wildman–Crippen LogP) is 3.15. The molecule has 3 rings (SSSR count). The Bertz CT molecular complexity index is 985. The zero-order chi connectivity index (χ0) is 18.5. The number of carbonyl (C=O) groups is 1. The summed E-state index contributed by atoms with van der Waals surface area (Å²) in [6.45, 7) is 3.79. The highest BCUT2D eigenvalue weighted by atomic mass is 32.1. The van der Waals surface area contributed by atoms with E-state index in [0.717, 1.165) is 11.3 Å². The van der Waals surface area contributed by atoms with Gasteiger partial charge in [0.15, 0.2) is 0 Å². The Labute approximate surface area is 154 Å². The van der Waals surface area contributed by atoms with E-state index in [4.69, 9.17) is 0 Å². The third-order valence-electron chi connectivity index (χ3n) is 3.54. The van der Waals surface area contributed by atoms with Crippen LogP contribution in [0.1, 0.15) is 26.0 Å². The Balaban J connectivity index is 2.09. The summed E-state index contributed by atoms with van der Waals surface area (Å²) >= 11 is 1.54. The zero-order valence-electron chi connectivity index (χ0n) is 14.5. The van der Waals surface area contributed by atoms with Crippen molar-refractivity contribution in [2.75, 3.05) is 5.32 Å². The maximum atomic E-state index is 12.0. The molecule has 0 aliphatic carbocycles. The van der Waals surface area contributed by atoms with Crippen LogP contribution in [0.5, 0.6) is 0 Å². The van der Waals surface area contributed by atoms with Crippen LogP contribution in [0.4, 0.5) is 5.82 Å². The van der Waals surface area contributed by atoms with Gasteiger partial charge in [-0.05, 0) is 30.9 Å². The molecule has 0 saturated carbocycles. The molecule has 26 heavy (non-hydrogen) atoms. The van der Waals surface area contributed by atoms with E-state index < -0.39 is 0 Å². The van der Waals surface area contributed by atoms with Gasteiger partial charge in [0.2, 0.25) is 11.9 Å². The van der Waals surface area contributed by atoms with E-state index >= 15 is 0 Å². The Hall–Kier alpha value is -3.00. The van der Waals surface area contributed by atoms with E-state index in [1.165, 1.54) is 16.8 Å². The smallest absolute Gasteiger partial charge is 0.252 e. The number of hydrogen-bond acceptors (Lipinski definition) is 5. The highest BCUT2D eigenvalue weighted by Crippen LogP contribution is 2.27. The van der Waals surface area contributed by atoms with Crippen LogP contribution in [0.15, 0.2) is 46.6 Å². The normalized spacial score (nSPS) is 11.2. The number of allylic oxidation sites excluding steroid dienone is 1. The van der Waals surface area contributed by atoms with Crippen molar-refractivity contribution in [1.29, 1.82) is 0 Å². The minimum absolute atomic E-state index is 0.252. The summed E-state index contributed by atoms with van der Waals surface area (Å²) in [5.41, 5.74) is 1.13. The van der Waals surface area contributed by atoms with E-state index in [1.807, 2.05) is 24.4 Å². The first kappa shape index (κ1) is 17.8. The van der Waals surface area contributed by atoms with Crippen LogP contribution in [-0.4, -0.2) is 25.7 Å². The van der Waals surface area contributed by atoms with Crippen LogP contribution in [0.25, 0.3) is 16.5 Å². The molecule has 2 N–H and O–H groups in total. The average molecular weight is 369 g/mol. The van der Waals surface area contributed by atoms with Gasteiger partial charge in [-0.15, -0.1) is 11.3 Å². The van der Waals surface area contributed by atoms with Crippen molar-refractivity contribution in [3.05, 3.63) is 57.8 Å². The van der Waals surface area contributed by atoms with Crippen LogP contribution in [0, 0.1) is 0 Å². The summed E-state index contributed by atoms with van der Waals surface area (Å²) in [4.78, 5) is 32.1. The zero-order valence-corrected chi connectivity index (χ0v) is 15.3. The van der Waals surface area contributed by atoms with E-state index in [1.54, 1.807) is 30.4 Å². The second-order valence-electron chi connectivity index (χ2n) is 5.60. The van der Waals surface area contributed by atoms with Crippen LogP contribution < -0.4 is 10.9 Å². The number of thiophene rings is 1. The highest BCUT2D eigenvalue weighted by molar-refractivity contribution is 7.13. The van der Waals surface area contributed by atoms with Crippen LogP contribution >= 0.6 is 11.3 Å². The molecule has 7 nitrogen and oxygen atoms in total. The molecule has 3 aromatic heterocycles. The number of rotatable bonds is 6. The molecule has 134 valence electrons. The third-order valence-corrected chi connectivity index (χ3v) is 4.43. The van der Waals surface area contributed by atoms with Gasteiger partial charge in [0.05, 0.1) is 4.88 Å². The number of hydrogen-bond donors (Lipinski definition) is 2. The summed E-state index contributed by atoms with van der Waals surface area (Å²) in [7, 11) is 0. The molecule has 0 fully saturated rings. The SMILES string of the molecule is C/C=C\C(=O)Nc1cc(-c2cccs2)nn1-c1nc(CCC)cc(=O)[nH]1. The molecule has 1 amide bonds. The minimum atomic E-state index is -0.279. The highest BCUT2D eigenvalue weighted by Gasteiger charge is 2.15. The number of carbonyl (C=O) groups excluding carboxylic acids is 1. The Kier molecular flexibility index (Phi) is 5.43. The van der Waals surface area contributed by atoms with Gasteiger partial charge < -0.3 is 5.32 Å². The largest absolute Gasteiger partial charge is 0.307 e. The fourth-order valence-corrected chi connectivity index (χ4v) is 3.16. The average Bonchev–Trinajstić information content (AvgIpc) is 3.24. The number of aromatic nitrogens is 4. The molecule has 0 radical (unpaired) electrons. The van der Waals surface area contributed by atoms with E-state index in [-0.39, 0.29) is 17.4 Å². The van der Waals surface area contributed by atoms with Crippen molar-refractivity contribution in [3.63, 3.8) is 0 Å². The second-order valence-corrected chi connectivity index (χ2v) is 6.55. The monoisotopic (exact) mass is 369 g/mol. The van der Waals surface area contributed by atoms with Crippen molar-refractivity contribution in [3.8, 4) is 16.5 Å². The quantitative estimate of drug-likeness (QED) is 0.653. The van der Waals surface area contributed by atoms with Crippen LogP contribution in [0.3, 0.4) is 0 Å². The van der Waals surface area contributed by atoms with Crippen LogP contribution in [0.2, 0.25) is 0 Å². The lowest BCUT2D eigenvalue weighted by Gasteiger charge is -2.07. The summed E-state index contributed by atoms with van der Waals surface area (Å²) in [6, 6.07) is 7.12. The Morgan fingerprint density at radius 2 is 2.27 bits per heavy atom. The molecule has 8 heteroatoms. The molecule has 3 aromatic rings. The summed E-state index contributed by atoms with van der Waals surface area (Å²) in [6.07, 6.45) is 4.64. The fraction of sp³-hybridized carbons (Fsp3) is 0.222. The third kappa shape index (κ3) is 3.97. The number of aryl methyl sites for hydroxylation is 1. The molecule has 0 spiro atoms. The van der Waals surface area contributed by atoms with Crippen molar-refractivity contribution >= 4 is 23.1 Å². The lowest BCUT2D eigenvalue weighted by molar-refractivity contribution is -0.111.